The summed E-state index contributed by atoms with van der Waals surface area (Å²) in [5, 5.41) is 0. The molecule has 0 atom stereocenters. The molecule has 0 aromatic carbocycles. The summed E-state index contributed by atoms with van der Waals surface area (Å²) in [7, 11) is 2.22. The van der Waals surface area contributed by atoms with Crippen LogP contribution in [0.4, 0.5) is 0 Å². The smallest absolute Gasteiger partial charge is 0.0356 e. The molecule has 3 nitrogen and oxygen atoms in total. The number of piperidine rings is 1. The van der Waals surface area contributed by atoms with Crippen molar-refractivity contribution in [3.05, 3.63) is 0 Å². The van der Waals surface area contributed by atoms with E-state index < -0.39 is 0 Å². The number of hydrogen-bond acceptors (Lipinski definition) is 4. The Labute approximate surface area is 110 Å². The molecule has 0 saturated carbocycles. The van der Waals surface area contributed by atoms with Crippen LogP contribution < -0.4 is 5.73 Å². The van der Waals surface area contributed by atoms with Crippen LogP contribution in [0.1, 0.15) is 26.7 Å². The fourth-order valence-electron chi connectivity index (χ4n) is 3.11. The molecule has 2 aliphatic rings. The Morgan fingerprint density at radius 2 is 1.82 bits per heavy atom. The molecule has 0 aromatic heterocycles. The lowest BCUT2D eigenvalue weighted by Gasteiger charge is -2.52. The van der Waals surface area contributed by atoms with Crippen LogP contribution >= 0.6 is 11.8 Å². The maximum atomic E-state index is 6.14. The average molecular weight is 257 g/mol. The Bertz CT molecular complexity index is 259. The van der Waals surface area contributed by atoms with Gasteiger partial charge in [0.2, 0.25) is 0 Å². The van der Waals surface area contributed by atoms with Gasteiger partial charge in [0.25, 0.3) is 0 Å². The SMILES string of the molecule is CN1CCC(CN)(N2CCSC(C)(C)C2)CC1. The van der Waals surface area contributed by atoms with Crippen molar-refractivity contribution >= 4 is 11.8 Å². The van der Waals surface area contributed by atoms with Gasteiger partial charge < -0.3 is 10.6 Å². The Hall–Kier alpha value is 0.230. The van der Waals surface area contributed by atoms with Gasteiger partial charge in [0.05, 0.1) is 0 Å². The minimum atomic E-state index is 0.282. The summed E-state index contributed by atoms with van der Waals surface area (Å²) in [4.78, 5) is 5.12. The Kier molecular flexibility index (Phi) is 4.08. The van der Waals surface area contributed by atoms with E-state index in [9.17, 15) is 0 Å². The molecule has 100 valence electrons. The van der Waals surface area contributed by atoms with Crippen LogP contribution in [0.25, 0.3) is 0 Å². The summed E-state index contributed by atoms with van der Waals surface area (Å²) in [5.74, 6) is 1.25. The molecule has 0 bridgehead atoms. The molecule has 2 rings (SSSR count). The number of hydrogen-bond donors (Lipinski definition) is 1. The van der Waals surface area contributed by atoms with Gasteiger partial charge in [-0.2, -0.15) is 11.8 Å². The molecular formula is C13H27N3S. The number of likely N-dealkylation sites (tertiary alicyclic amines) is 1. The van der Waals surface area contributed by atoms with E-state index >= 15 is 0 Å². The van der Waals surface area contributed by atoms with Crippen molar-refractivity contribution in [3.63, 3.8) is 0 Å². The fourth-order valence-corrected chi connectivity index (χ4v) is 4.22. The van der Waals surface area contributed by atoms with Gasteiger partial charge in [-0.05, 0) is 46.8 Å². The minimum Gasteiger partial charge on any atom is -0.329 e. The van der Waals surface area contributed by atoms with Gasteiger partial charge in [-0.1, -0.05) is 0 Å². The maximum Gasteiger partial charge on any atom is 0.0356 e. The van der Waals surface area contributed by atoms with E-state index in [2.05, 4.69) is 42.5 Å². The highest BCUT2D eigenvalue weighted by molar-refractivity contribution is 8.00. The first-order valence-electron chi connectivity index (χ1n) is 6.75. The normalized spacial score (nSPS) is 30.4. The topological polar surface area (TPSA) is 32.5 Å². The van der Waals surface area contributed by atoms with Gasteiger partial charge in [0, 0.05) is 35.7 Å². The highest BCUT2D eigenvalue weighted by atomic mass is 32.2. The van der Waals surface area contributed by atoms with Crippen LogP contribution in [0.3, 0.4) is 0 Å². The number of nitrogens with zero attached hydrogens (tertiary/aromatic N) is 2. The van der Waals surface area contributed by atoms with E-state index in [4.69, 9.17) is 5.73 Å². The van der Waals surface area contributed by atoms with Crippen LogP contribution in [-0.2, 0) is 0 Å². The highest BCUT2D eigenvalue weighted by Gasteiger charge is 2.41. The van der Waals surface area contributed by atoms with Crippen molar-refractivity contribution < 1.29 is 0 Å². The third-order valence-corrected chi connectivity index (χ3v) is 5.69. The number of nitrogens with two attached hydrogens (primary N) is 1. The molecule has 0 unspecified atom stereocenters. The van der Waals surface area contributed by atoms with Gasteiger partial charge in [-0.15, -0.1) is 0 Å². The predicted octanol–water partition coefficient (Wildman–Crippen LogP) is 1.24. The fraction of sp³-hybridized carbons (Fsp3) is 1.00. The lowest BCUT2D eigenvalue weighted by molar-refractivity contribution is 0.0305. The highest BCUT2D eigenvalue weighted by Crippen LogP contribution is 2.36. The molecule has 0 aliphatic carbocycles. The summed E-state index contributed by atoms with van der Waals surface area (Å²) in [6, 6.07) is 0. The molecule has 17 heavy (non-hydrogen) atoms. The molecule has 0 radical (unpaired) electrons. The van der Waals surface area contributed by atoms with Crippen molar-refractivity contribution in [2.75, 3.05) is 45.5 Å². The summed E-state index contributed by atoms with van der Waals surface area (Å²) < 4.78 is 0.393. The van der Waals surface area contributed by atoms with Crippen LogP contribution in [-0.4, -0.2) is 65.6 Å². The summed E-state index contributed by atoms with van der Waals surface area (Å²) in [5.41, 5.74) is 6.42. The minimum absolute atomic E-state index is 0.282. The van der Waals surface area contributed by atoms with Gasteiger partial charge >= 0.3 is 0 Å². The second kappa shape index (κ2) is 5.08. The summed E-state index contributed by atoms with van der Waals surface area (Å²) in [6.07, 6.45) is 2.47. The van der Waals surface area contributed by atoms with Gasteiger partial charge in [0.15, 0.2) is 0 Å². The second-order valence-electron chi connectivity index (χ2n) is 6.26. The second-order valence-corrected chi connectivity index (χ2v) is 8.06. The molecule has 2 heterocycles. The predicted molar refractivity (Wildman–Crippen MR) is 76.6 cm³/mol. The van der Waals surface area contributed by atoms with Crippen LogP contribution in [0, 0.1) is 0 Å². The molecule has 0 aromatic rings. The largest absolute Gasteiger partial charge is 0.329 e. The molecule has 2 aliphatic heterocycles. The number of rotatable bonds is 2. The van der Waals surface area contributed by atoms with E-state index in [1.807, 2.05) is 0 Å². The third-order valence-electron chi connectivity index (χ3n) is 4.39. The molecule has 2 fully saturated rings. The molecular weight excluding hydrogens is 230 g/mol. The summed E-state index contributed by atoms with van der Waals surface area (Å²) >= 11 is 2.10. The zero-order valence-electron chi connectivity index (χ0n) is 11.5. The number of thioether (sulfide) groups is 1. The van der Waals surface area contributed by atoms with Crippen molar-refractivity contribution in [2.24, 2.45) is 5.73 Å². The molecule has 0 spiro atoms. The first-order valence-corrected chi connectivity index (χ1v) is 7.74. The van der Waals surface area contributed by atoms with E-state index in [-0.39, 0.29) is 5.54 Å². The standard InChI is InChI=1S/C13H27N3S/c1-12(2)11-16(8-9-17-12)13(10-14)4-6-15(3)7-5-13/h4-11,14H2,1-3H3. The molecule has 0 amide bonds. The van der Waals surface area contributed by atoms with E-state index in [1.54, 1.807) is 0 Å². The van der Waals surface area contributed by atoms with Gasteiger partial charge in [-0.3, -0.25) is 4.90 Å². The summed E-state index contributed by atoms with van der Waals surface area (Å²) in [6.45, 7) is 10.4. The lowest BCUT2D eigenvalue weighted by Crippen LogP contribution is -2.63. The third kappa shape index (κ3) is 2.98. The Morgan fingerprint density at radius 3 is 2.35 bits per heavy atom. The van der Waals surface area contributed by atoms with Crippen molar-refractivity contribution in [1.29, 1.82) is 0 Å². The van der Waals surface area contributed by atoms with E-state index in [1.165, 1.54) is 44.8 Å². The van der Waals surface area contributed by atoms with Crippen molar-refractivity contribution in [3.8, 4) is 0 Å². The van der Waals surface area contributed by atoms with Crippen molar-refractivity contribution in [1.82, 2.24) is 9.80 Å². The van der Waals surface area contributed by atoms with Gasteiger partial charge in [0.1, 0.15) is 0 Å². The Morgan fingerprint density at radius 1 is 1.18 bits per heavy atom. The first-order chi connectivity index (χ1) is 7.97. The quantitative estimate of drug-likeness (QED) is 0.807. The maximum absolute atomic E-state index is 6.14. The molecule has 2 N–H and O–H groups in total. The lowest BCUT2D eigenvalue weighted by atomic mass is 9.85. The van der Waals surface area contributed by atoms with Crippen LogP contribution in [0.15, 0.2) is 0 Å². The van der Waals surface area contributed by atoms with Crippen molar-refractivity contribution in [2.45, 2.75) is 37.0 Å². The molecule has 2 saturated heterocycles. The average Bonchev–Trinajstić information content (AvgIpc) is 2.29. The van der Waals surface area contributed by atoms with Crippen LogP contribution in [0.5, 0.6) is 0 Å². The first kappa shape index (κ1) is 13.7. The van der Waals surface area contributed by atoms with Gasteiger partial charge in [-0.25, -0.2) is 0 Å². The van der Waals surface area contributed by atoms with E-state index in [0.717, 1.165) is 6.54 Å². The van der Waals surface area contributed by atoms with E-state index in [0.29, 0.717) is 4.75 Å². The molecule has 4 heteroatoms. The van der Waals surface area contributed by atoms with Crippen LogP contribution in [0.2, 0.25) is 0 Å². The Balaban J connectivity index is 2.07. The zero-order valence-corrected chi connectivity index (χ0v) is 12.4. The zero-order chi connectivity index (χ0) is 12.5. The monoisotopic (exact) mass is 257 g/mol.